The number of benzene rings is 1. The molecule has 0 radical (unpaired) electrons. The van der Waals surface area contributed by atoms with Gasteiger partial charge in [-0.1, -0.05) is 11.6 Å². The minimum absolute atomic E-state index is 0.259. The Bertz CT molecular complexity index is 412. The normalized spacial score (nSPS) is 12.0. The van der Waals surface area contributed by atoms with Crippen LogP contribution in [0.1, 0.15) is 10.4 Å². The quantitative estimate of drug-likeness (QED) is 0.819. The molecule has 1 unspecified atom stereocenters. The summed E-state index contributed by atoms with van der Waals surface area (Å²) in [6.45, 7) is 0.694. The Morgan fingerprint density at radius 3 is 2.78 bits per heavy atom. The van der Waals surface area contributed by atoms with Gasteiger partial charge in [0.1, 0.15) is 5.75 Å². The van der Waals surface area contributed by atoms with Gasteiger partial charge in [0.25, 0.3) is 5.91 Å². The molecule has 0 aliphatic heterocycles. The highest BCUT2D eigenvalue weighted by Crippen LogP contribution is 2.22. The third-order valence-corrected chi connectivity index (χ3v) is 2.76. The molecule has 0 spiro atoms. The van der Waals surface area contributed by atoms with Crippen LogP contribution in [0.15, 0.2) is 18.2 Å². The highest BCUT2D eigenvalue weighted by molar-refractivity contribution is 6.30. The molecule has 0 heterocycles. The lowest BCUT2D eigenvalue weighted by molar-refractivity contribution is 0.0946. The van der Waals surface area contributed by atoms with E-state index in [1.54, 1.807) is 25.3 Å². The van der Waals surface area contributed by atoms with E-state index in [0.717, 1.165) is 0 Å². The molecule has 0 fully saturated rings. The molecule has 1 atom stereocenters. The predicted octanol–water partition coefficient (Wildman–Crippen LogP) is 2.33. The van der Waals surface area contributed by atoms with Crippen LogP contribution in [0.5, 0.6) is 5.75 Å². The van der Waals surface area contributed by atoms with Gasteiger partial charge in [0, 0.05) is 18.7 Å². The van der Waals surface area contributed by atoms with Crippen LogP contribution in [0.4, 0.5) is 0 Å². The molecule has 1 aromatic carbocycles. The first-order chi connectivity index (χ1) is 8.58. The van der Waals surface area contributed by atoms with Gasteiger partial charge < -0.3 is 14.8 Å². The summed E-state index contributed by atoms with van der Waals surface area (Å²) >= 11 is 11.7. The standard InChI is InChI=1S/C12H15Cl2NO3/c1-17-7-9(14)6-15-12(16)10-4-3-8(13)5-11(10)18-2/h3-5,9H,6-7H2,1-2H3,(H,15,16). The number of nitrogens with one attached hydrogen (secondary N) is 1. The van der Waals surface area contributed by atoms with Gasteiger partial charge in [-0.05, 0) is 18.2 Å². The van der Waals surface area contributed by atoms with Gasteiger partial charge in [-0.3, -0.25) is 4.79 Å². The molecule has 0 saturated heterocycles. The van der Waals surface area contributed by atoms with Crippen molar-refractivity contribution >= 4 is 29.1 Å². The van der Waals surface area contributed by atoms with Crippen LogP contribution in [0.3, 0.4) is 0 Å². The SMILES string of the molecule is COCC(Cl)CNC(=O)c1ccc(Cl)cc1OC. The zero-order valence-corrected chi connectivity index (χ0v) is 11.7. The number of ether oxygens (including phenoxy) is 2. The summed E-state index contributed by atoms with van der Waals surface area (Å²) in [5.41, 5.74) is 0.420. The number of carbonyl (C=O) groups excluding carboxylic acids is 1. The molecule has 4 nitrogen and oxygen atoms in total. The highest BCUT2D eigenvalue weighted by Gasteiger charge is 2.13. The number of amides is 1. The number of methoxy groups -OCH3 is 2. The summed E-state index contributed by atoms with van der Waals surface area (Å²) in [4.78, 5) is 11.9. The number of carbonyl (C=O) groups is 1. The van der Waals surface area contributed by atoms with Crippen LogP contribution < -0.4 is 10.1 Å². The van der Waals surface area contributed by atoms with Gasteiger partial charge in [0.15, 0.2) is 0 Å². The van der Waals surface area contributed by atoms with Crippen LogP contribution in [-0.2, 0) is 4.74 Å². The second-order valence-electron chi connectivity index (χ2n) is 3.61. The van der Waals surface area contributed by atoms with Crippen LogP contribution in [-0.4, -0.2) is 38.7 Å². The number of hydrogen-bond donors (Lipinski definition) is 1. The number of rotatable bonds is 6. The van der Waals surface area contributed by atoms with Gasteiger partial charge >= 0.3 is 0 Å². The Morgan fingerprint density at radius 2 is 2.17 bits per heavy atom. The van der Waals surface area contributed by atoms with Crippen LogP contribution >= 0.6 is 23.2 Å². The topological polar surface area (TPSA) is 47.6 Å². The van der Waals surface area contributed by atoms with Crippen LogP contribution in [0.25, 0.3) is 0 Å². The smallest absolute Gasteiger partial charge is 0.255 e. The molecule has 100 valence electrons. The largest absolute Gasteiger partial charge is 0.496 e. The lowest BCUT2D eigenvalue weighted by atomic mass is 10.2. The molecule has 0 saturated carbocycles. The second kappa shape index (κ2) is 7.46. The van der Waals surface area contributed by atoms with Crippen molar-refractivity contribution in [3.63, 3.8) is 0 Å². The van der Waals surface area contributed by atoms with Gasteiger partial charge in [-0.15, -0.1) is 11.6 Å². The Morgan fingerprint density at radius 1 is 1.44 bits per heavy atom. The molecule has 1 N–H and O–H groups in total. The van der Waals surface area contributed by atoms with Gasteiger partial charge in [-0.25, -0.2) is 0 Å². The van der Waals surface area contributed by atoms with Crippen LogP contribution in [0.2, 0.25) is 5.02 Å². The minimum Gasteiger partial charge on any atom is -0.496 e. The fourth-order valence-electron chi connectivity index (χ4n) is 1.39. The van der Waals surface area contributed by atoms with Gasteiger partial charge in [-0.2, -0.15) is 0 Å². The van der Waals surface area contributed by atoms with Crippen LogP contribution in [0, 0.1) is 0 Å². The minimum atomic E-state index is -0.266. The lowest BCUT2D eigenvalue weighted by Gasteiger charge is -2.12. The average Bonchev–Trinajstić information content (AvgIpc) is 2.36. The molecule has 1 aromatic rings. The Balaban J connectivity index is 2.66. The molecule has 0 aliphatic carbocycles. The monoisotopic (exact) mass is 291 g/mol. The molecule has 1 rings (SSSR count). The molecule has 1 amide bonds. The Kier molecular flexibility index (Phi) is 6.25. The summed E-state index contributed by atoms with van der Waals surface area (Å²) in [6.07, 6.45) is 0. The van der Waals surface area contributed by atoms with E-state index in [1.807, 2.05) is 0 Å². The highest BCUT2D eigenvalue weighted by atomic mass is 35.5. The van der Waals surface area contributed by atoms with E-state index in [0.29, 0.717) is 29.5 Å². The van der Waals surface area contributed by atoms with E-state index in [9.17, 15) is 4.79 Å². The van der Waals surface area contributed by atoms with E-state index < -0.39 is 0 Å². The van der Waals surface area contributed by atoms with E-state index in [-0.39, 0.29) is 11.3 Å². The van der Waals surface area contributed by atoms with Crippen molar-refractivity contribution in [1.29, 1.82) is 0 Å². The van der Waals surface area contributed by atoms with E-state index >= 15 is 0 Å². The molecule has 18 heavy (non-hydrogen) atoms. The first kappa shape index (κ1) is 15.1. The fraction of sp³-hybridized carbons (Fsp3) is 0.417. The van der Waals surface area contributed by atoms with Gasteiger partial charge in [0.05, 0.1) is 24.7 Å². The average molecular weight is 292 g/mol. The maximum atomic E-state index is 11.9. The number of alkyl halides is 1. The number of hydrogen-bond acceptors (Lipinski definition) is 3. The summed E-state index contributed by atoms with van der Waals surface area (Å²) in [5.74, 6) is 0.170. The maximum Gasteiger partial charge on any atom is 0.255 e. The lowest BCUT2D eigenvalue weighted by Crippen LogP contribution is -2.31. The van der Waals surface area contributed by atoms with Crippen molar-refractivity contribution in [3.8, 4) is 5.75 Å². The predicted molar refractivity (Wildman–Crippen MR) is 71.9 cm³/mol. The Hall–Kier alpha value is -0.970. The fourth-order valence-corrected chi connectivity index (χ4v) is 1.76. The molecule has 0 aromatic heterocycles. The zero-order chi connectivity index (χ0) is 13.5. The third-order valence-electron chi connectivity index (χ3n) is 2.24. The van der Waals surface area contributed by atoms with Crippen molar-refractivity contribution in [2.24, 2.45) is 0 Å². The van der Waals surface area contributed by atoms with Crippen molar-refractivity contribution in [1.82, 2.24) is 5.32 Å². The second-order valence-corrected chi connectivity index (χ2v) is 4.66. The summed E-state index contributed by atoms with van der Waals surface area (Å²) < 4.78 is 9.98. The van der Waals surface area contributed by atoms with Crippen molar-refractivity contribution in [3.05, 3.63) is 28.8 Å². The van der Waals surface area contributed by atoms with E-state index in [1.165, 1.54) is 7.11 Å². The van der Waals surface area contributed by atoms with Crippen molar-refractivity contribution in [2.75, 3.05) is 27.4 Å². The number of halogens is 2. The Labute approximate surface area is 116 Å². The molecular formula is C12H15Cl2NO3. The molecule has 0 aliphatic rings. The van der Waals surface area contributed by atoms with E-state index in [2.05, 4.69) is 5.32 Å². The first-order valence-corrected chi connectivity index (χ1v) is 6.14. The summed E-state index contributed by atoms with van der Waals surface area (Å²) in [5, 5.41) is 2.95. The first-order valence-electron chi connectivity index (χ1n) is 5.33. The zero-order valence-electron chi connectivity index (χ0n) is 10.2. The van der Waals surface area contributed by atoms with Gasteiger partial charge in [0.2, 0.25) is 0 Å². The van der Waals surface area contributed by atoms with E-state index in [4.69, 9.17) is 32.7 Å². The third kappa shape index (κ3) is 4.37. The van der Waals surface area contributed by atoms with Crippen molar-refractivity contribution < 1.29 is 14.3 Å². The van der Waals surface area contributed by atoms with Crippen molar-refractivity contribution in [2.45, 2.75) is 5.38 Å². The molecule has 6 heteroatoms. The molecular weight excluding hydrogens is 277 g/mol. The maximum absolute atomic E-state index is 11.9. The summed E-state index contributed by atoms with van der Waals surface area (Å²) in [6, 6.07) is 4.83. The summed E-state index contributed by atoms with van der Waals surface area (Å²) in [7, 11) is 3.04. The molecule has 0 bridgehead atoms.